The molecule has 44 valence electrons. The predicted octanol–water partition coefficient (Wildman–Crippen LogP) is 1.21. The van der Waals surface area contributed by atoms with Gasteiger partial charge in [-0.05, 0) is 7.85 Å². The third-order valence-electron chi connectivity index (χ3n) is 1.15. The van der Waals surface area contributed by atoms with E-state index in [1.54, 1.807) is 0 Å². The highest BCUT2D eigenvalue weighted by molar-refractivity contribution is 6.14. The first-order valence-corrected chi connectivity index (χ1v) is 2.44. The standard InChI is InChI=1S/C6H16B/c1-5(2)6(3,4)7/h5H,1-4,7H3/q-1. The van der Waals surface area contributed by atoms with Crippen LogP contribution in [0.3, 0.4) is 0 Å². The van der Waals surface area contributed by atoms with Crippen LogP contribution >= 0.6 is 0 Å². The Labute approximate surface area is 47.7 Å². The van der Waals surface area contributed by atoms with Crippen LogP contribution in [0, 0.1) is 5.92 Å². The molecule has 0 N–H and O–H groups in total. The fourth-order valence-electron chi connectivity index (χ4n) is 0. The van der Waals surface area contributed by atoms with Crippen LogP contribution in [0.2, 0.25) is 5.31 Å². The average molecular weight is 99.0 g/mol. The van der Waals surface area contributed by atoms with E-state index in [2.05, 4.69) is 27.7 Å². The van der Waals surface area contributed by atoms with Crippen LogP contribution in [0.25, 0.3) is 0 Å². The average Bonchev–Trinajstić information content (AvgIpc) is 1.31. The molecule has 0 radical (unpaired) electrons. The molecule has 0 bridgehead atoms. The minimum Gasteiger partial charge on any atom is -0.167 e. The van der Waals surface area contributed by atoms with Crippen molar-refractivity contribution in [3.63, 3.8) is 0 Å². The lowest BCUT2D eigenvalue weighted by molar-refractivity contribution is 0.480. The van der Waals surface area contributed by atoms with Crippen LogP contribution in [0.5, 0.6) is 0 Å². The van der Waals surface area contributed by atoms with Crippen molar-refractivity contribution in [2.75, 3.05) is 0 Å². The van der Waals surface area contributed by atoms with Crippen LogP contribution in [0.4, 0.5) is 0 Å². The van der Waals surface area contributed by atoms with Crippen molar-refractivity contribution in [2.24, 2.45) is 5.92 Å². The Kier molecular flexibility index (Phi) is 1.91. The second kappa shape index (κ2) is 1.89. The molecule has 7 heavy (non-hydrogen) atoms. The molecule has 0 heterocycles. The van der Waals surface area contributed by atoms with Crippen molar-refractivity contribution < 1.29 is 0 Å². The number of hydrogen-bond donors (Lipinski definition) is 0. The molecule has 0 saturated heterocycles. The summed E-state index contributed by atoms with van der Waals surface area (Å²) in [6.45, 7) is 9.37. The first-order valence-electron chi connectivity index (χ1n) is 2.44. The summed E-state index contributed by atoms with van der Waals surface area (Å²) in [5.74, 6) is 0.910. The maximum atomic E-state index is 2.37. The number of rotatable bonds is 1. The molecule has 0 aliphatic rings. The summed E-state index contributed by atoms with van der Waals surface area (Å²) in [5.41, 5.74) is 0. The Balaban J connectivity index is 3.54. The Morgan fingerprint density at radius 3 is 1.43 bits per heavy atom. The Morgan fingerprint density at radius 1 is 1.29 bits per heavy atom. The van der Waals surface area contributed by atoms with Gasteiger partial charge in [-0.3, -0.25) is 0 Å². The summed E-state index contributed by atoms with van der Waals surface area (Å²) in [6, 6.07) is 0. The molecule has 0 fully saturated rings. The van der Waals surface area contributed by atoms with Gasteiger partial charge in [0.2, 0.25) is 0 Å². The van der Waals surface area contributed by atoms with E-state index in [0.29, 0.717) is 7.85 Å². The lowest BCUT2D eigenvalue weighted by Crippen LogP contribution is -2.09. The molecule has 0 unspecified atom stereocenters. The zero-order valence-electron chi connectivity index (χ0n) is 5.08. The molecule has 0 aliphatic carbocycles. The van der Waals surface area contributed by atoms with E-state index in [4.69, 9.17) is 0 Å². The molecule has 0 aromatic carbocycles. The fraction of sp³-hybridized carbons (Fsp3) is 1.00. The van der Waals surface area contributed by atoms with Gasteiger partial charge in [0.1, 0.15) is 0 Å². The van der Waals surface area contributed by atoms with Gasteiger partial charge in [-0.25, -0.2) is 0 Å². The van der Waals surface area contributed by atoms with Gasteiger partial charge in [-0.15, -0.1) is 0 Å². The van der Waals surface area contributed by atoms with Crippen LogP contribution in [-0.2, 0) is 0 Å². The summed E-state index contributed by atoms with van der Waals surface area (Å²) >= 11 is 0. The lowest BCUT2D eigenvalue weighted by atomic mass is 9.65. The molecule has 1 heteroatoms. The molecule has 0 spiro atoms. The molecule has 0 aliphatic heterocycles. The van der Waals surface area contributed by atoms with E-state index >= 15 is 0 Å². The Hall–Kier alpha value is 0.0649. The second-order valence-corrected chi connectivity index (χ2v) is 2.23. The van der Waals surface area contributed by atoms with Gasteiger partial charge in [0, 0.05) is 0 Å². The third kappa shape index (κ3) is 2.72. The molecule has 0 atom stereocenters. The first kappa shape index (κ1) is 7.06. The minimum atomic E-state index is 0.553. The molecule has 0 rings (SSSR count). The summed E-state index contributed by atoms with van der Waals surface area (Å²) in [6.07, 6.45) is 0. The van der Waals surface area contributed by atoms with Gasteiger partial charge in [0.15, 0.2) is 0 Å². The van der Waals surface area contributed by atoms with Crippen LogP contribution in [0.15, 0.2) is 0 Å². The Bertz CT molecular complexity index is 49.7. The van der Waals surface area contributed by atoms with E-state index in [1.807, 2.05) is 0 Å². The predicted molar refractivity (Wildman–Crippen MR) is 38.8 cm³/mol. The summed E-state index contributed by atoms with van der Waals surface area (Å²) < 4.78 is 0. The van der Waals surface area contributed by atoms with Gasteiger partial charge in [-0.2, -0.15) is 5.31 Å². The maximum absolute atomic E-state index is 2.37. The molecule has 0 saturated carbocycles. The summed E-state index contributed by atoms with van der Waals surface area (Å²) in [7, 11) is 0.553. The smallest absolute Gasteiger partial charge is 0.0413 e. The first-order chi connectivity index (χ1) is 2.94. The molecule has 0 aromatic rings. The van der Waals surface area contributed by atoms with Gasteiger partial charge in [0.25, 0.3) is 0 Å². The van der Waals surface area contributed by atoms with Crippen LogP contribution < -0.4 is 0 Å². The third-order valence-corrected chi connectivity index (χ3v) is 1.15. The van der Waals surface area contributed by atoms with Crippen molar-refractivity contribution in [3.8, 4) is 0 Å². The largest absolute Gasteiger partial charge is 0.167 e. The highest BCUT2D eigenvalue weighted by atomic mass is 14.1. The van der Waals surface area contributed by atoms with Crippen LogP contribution in [-0.4, -0.2) is 7.85 Å². The molecule has 0 amide bonds. The van der Waals surface area contributed by atoms with E-state index in [0.717, 1.165) is 11.2 Å². The lowest BCUT2D eigenvalue weighted by Gasteiger charge is -2.29. The van der Waals surface area contributed by atoms with Crippen LogP contribution in [0.1, 0.15) is 27.7 Å². The monoisotopic (exact) mass is 99.1 g/mol. The maximum Gasteiger partial charge on any atom is -0.0413 e. The summed E-state index contributed by atoms with van der Waals surface area (Å²) in [4.78, 5) is 0. The van der Waals surface area contributed by atoms with E-state index in [9.17, 15) is 0 Å². The highest BCUT2D eigenvalue weighted by Crippen LogP contribution is 2.28. The van der Waals surface area contributed by atoms with Crippen molar-refractivity contribution >= 4 is 7.85 Å². The molecular formula is C6H16B-. The van der Waals surface area contributed by atoms with Crippen molar-refractivity contribution in [2.45, 2.75) is 33.0 Å². The van der Waals surface area contributed by atoms with E-state index in [1.165, 1.54) is 0 Å². The minimum absolute atomic E-state index is 0.553. The van der Waals surface area contributed by atoms with Gasteiger partial charge < -0.3 is 0 Å². The quantitative estimate of drug-likeness (QED) is 0.433. The summed E-state index contributed by atoms with van der Waals surface area (Å²) in [5, 5.41) is 0.750. The SMILES string of the molecule is [BH3-]C(C)(C)C(C)C. The second-order valence-electron chi connectivity index (χ2n) is 2.23. The highest BCUT2D eigenvalue weighted by Gasteiger charge is 2.07. The topological polar surface area (TPSA) is 0 Å². The number of hydrogen-bond acceptors (Lipinski definition) is 0. The van der Waals surface area contributed by atoms with Gasteiger partial charge in [0.05, 0.1) is 0 Å². The zero-order valence-corrected chi connectivity index (χ0v) is 5.08. The normalized spacial score (nSPS) is 12.9. The van der Waals surface area contributed by atoms with Crippen molar-refractivity contribution in [1.82, 2.24) is 0 Å². The van der Waals surface area contributed by atoms with Crippen molar-refractivity contribution in [1.29, 1.82) is 0 Å². The Morgan fingerprint density at radius 2 is 1.43 bits per heavy atom. The molecular weight excluding hydrogens is 82.9 g/mol. The van der Waals surface area contributed by atoms with Gasteiger partial charge >= 0.3 is 0 Å². The molecule has 0 nitrogen and oxygen atoms in total. The van der Waals surface area contributed by atoms with Crippen molar-refractivity contribution in [3.05, 3.63) is 0 Å². The van der Waals surface area contributed by atoms with Gasteiger partial charge in [-0.1, -0.05) is 33.6 Å². The molecule has 0 aromatic heterocycles. The fourth-order valence-corrected chi connectivity index (χ4v) is 0. The zero-order chi connectivity index (χ0) is 6.08. The van der Waals surface area contributed by atoms with E-state index in [-0.39, 0.29) is 0 Å². The van der Waals surface area contributed by atoms with E-state index < -0.39 is 0 Å².